The number of nitrogens with one attached hydrogen (secondary N) is 1. The molecule has 17 heavy (non-hydrogen) atoms. The summed E-state index contributed by atoms with van der Waals surface area (Å²) in [7, 11) is 1.42. The number of aromatic nitrogens is 1. The molecule has 1 N–H and O–H groups in total. The van der Waals surface area contributed by atoms with Crippen molar-refractivity contribution in [1.29, 1.82) is 0 Å². The van der Waals surface area contributed by atoms with Crippen LogP contribution in [0.3, 0.4) is 0 Å². The van der Waals surface area contributed by atoms with E-state index >= 15 is 0 Å². The summed E-state index contributed by atoms with van der Waals surface area (Å²) in [6.07, 6.45) is 4.45. The van der Waals surface area contributed by atoms with Crippen molar-refractivity contribution in [3.8, 4) is 5.88 Å². The van der Waals surface area contributed by atoms with Crippen LogP contribution < -0.4 is 10.1 Å². The van der Waals surface area contributed by atoms with E-state index in [4.69, 9.17) is 4.74 Å². The molecule has 0 aliphatic carbocycles. The number of hydrogen-bond donors (Lipinski definition) is 1. The lowest BCUT2D eigenvalue weighted by molar-refractivity contribution is 0.368. The number of ether oxygens (including phenoxy) is 1. The van der Waals surface area contributed by atoms with E-state index in [1.54, 1.807) is 12.3 Å². The highest BCUT2D eigenvalue weighted by molar-refractivity contribution is 5.64. The normalized spacial score (nSPS) is 11.6. The van der Waals surface area contributed by atoms with E-state index in [2.05, 4.69) is 17.2 Å². The van der Waals surface area contributed by atoms with E-state index in [1.807, 2.05) is 13.0 Å². The van der Waals surface area contributed by atoms with Gasteiger partial charge in [-0.15, -0.1) is 0 Å². The molecule has 1 aromatic heterocycles. The molecule has 0 aliphatic heterocycles. The second-order valence-electron chi connectivity index (χ2n) is 3.71. The highest BCUT2D eigenvalue weighted by Crippen LogP contribution is 2.23. The van der Waals surface area contributed by atoms with Gasteiger partial charge in [-0.05, 0) is 38.1 Å². The van der Waals surface area contributed by atoms with Crippen molar-refractivity contribution < 1.29 is 9.13 Å². The van der Waals surface area contributed by atoms with Crippen molar-refractivity contribution in [2.24, 2.45) is 0 Å². The molecule has 4 heteroatoms. The summed E-state index contributed by atoms with van der Waals surface area (Å²) in [4.78, 5) is 3.81. The van der Waals surface area contributed by atoms with E-state index in [9.17, 15) is 4.39 Å². The van der Waals surface area contributed by atoms with E-state index in [0.717, 1.165) is 25.1 Å². The molecule has 0 aliphatic rings. The first-order valence-electron chi connectivity index (χ1n) is 5.77. The lowest BCUT2D eigenvalue weighted by atomic mass is 10.1. The Kier molecular flexibility index (Phi) is 5.63. The summed E-state index contributed by atoms with van der Waals surface area (Å²) in [6.45, 7) is 5.80. The summed E-state index contributed by atoms with van der Waals surface area (Å²) in [5.41, 5.74) is 1.45. The van der Waals surface area contributed by atoms with E-state index < -0.39 is 5.82 Å². The Balaban J connectivity index is 2.77. The number of methoxy groups -OCH3 is 1. The Morgan fingerprint density at radius 3 is 3.00 bits per heavy atom. The van der Waals surface area contributed by atoms with Crippen LogP contribution in [0, 0.1) is 5.82 Å². The van der Waals surface area contributed by atoms with Gasteiger partial charge < -0.3 is 10.1 Å². The van der Waals surface area contributed by atoms with E-state index in [0.29, 0.717) is 5.56 Å². The number of halogens is 1. The molecule has 0 saturated carbocycles. The second kappa shape index (κ2) is 7.01. The largest absolute Gasteiger partial charge is 0.479 e. The van der Waals surface area contributed by atoms with Crippen LogP contribution in [0.15, 0.2) is 18.3 Å². The van der Waals surface area contributed by atoms with E-state index in [-0.39, 0.29) is 5.88 Å². The first kappa shape index (κ1) is 13.6. The lowest BCUT2D eigenvalue weighted by Gasteiger charge is -2.07. The minimum absolute atomic E-state index is 0.0435. The Labute approximate surface area is 102 Å². The van der Waals surface area contributed by atoms with Crippen LogP contribution in [-0.4, -0.2) is 25.2 Å². The van der Waals surface area contributed by atoms with Gasteiger partial charge in [0.25, 0.3) is 5.88 Å². The fraction of sp³-hybridized carbons (Fsp3) is 0.462. The second-order valence-corrected chi connectivity index (χ2v) is 3.71. The predicted octanol–water partition coefficient (Wildman–Crippen LogP) is 2.63. The molecule has 0 bridgehead atoms. The standard InChI is InChI=1S/C13H19FN2O/c1-4-15-8-5-6-10(2)11-7-9-16-13(17-3)12(11)14/h6-7,9,15H,4-5,8H2,1-3H3/b10-6-. The third-order valence-electron chi connectivity index (χ3n) is 2.50. The molecule has 0 aromatic carbocycles. The molecule has 1 rings (SSSR count). The third-order valence-corrected chi connectivity index (χ3v) is 2.50. The molecule has 0 fully saturated rings. The summed E-state index contributed by atoms with van der Waals surface area (Å²) in [5.74, 6) is -0.353. The topological polar surface area (TPSA) is 34.2 Å². The van der Waals surface area contributed by atoms with Gasteiger partial charge in [0.05, 0.1) is 7.11 Å². The number of rotatable bonds is 6. The Hall–Kier alpha value is -1.42. The van der Waals surface area contributed by atoms with Gasteiger partial charge in [-0.25, -0.2) is 9.37 Å². The van der Waals surface area contributed by atoms with Gasteiger partial charge in [-0.3, -0.25) is 0 Å². The highest BCUT2D eigenvalue weighted by atomic mass is 19.1. The summed E-state index contributed by atoms with van der Waals surface area (Å²) in [6, 6.07) is 1.66. The van der Waals surface area contributed by atoms with Gasteiger partial charge in [-0.2, -0.15) is 0 Å². The maximum Gasteiger partial charge on any atom is 0.250 e. The van der Waals surface area contributed by atoms with Crippen molar-refractivity contribution >= 4 is 5.57 Å². The van der Waals surface area contributed by atoms with Crippen LogP contribution >= 0.6 is 0 Å². The summed E-state index contributed by atoms with van der Waals surface area (Å²) >= 11 is 0. The molecule has 1 heterocycles. The fourth-order valence-corrected chi connectivity index (χ4v) is 1.55. The number of hydrogen-bond acceptors (Lipinski definition) is 3. The molecule has 0 atom stereocenters. The average Bonchev–Trinajstić information content (AvgIpc) is 2.34. The SMILES string of the molecule is CCNCC/C=C(/C)c1ccnc(OC)c1F. The molecular weight excluding hydrogens is 219 g/mol. The fourth-order valence-electron chi connectivity index (χ4n) is 1.55. The monoisotopic (exact) mass is 238 g/mol. The van der Waals surface area contributed by atoms with Gasteiger partial charge in [-0.1, -0.05) is 13.0 Å². The zero-order chi connectivity index (χ0) is 12.7. The van der Waals surface area contributed by atoms with Crippen LogP contribution in [0.4, 0.5) is 4.39 Å². The van der Waals surface area contributed by atoms with Crippen molar-refractivity contribution in [2.45, 2.75) is 20.3 Å². The first-order valence-corrected chi connectivity index (χ1v) is 5.77. The molecule has 0 unspecified atom stereocenters. The molecule has 94 valence electrons. The molecule has 0 saturated heterocycles. The molecular formula is C13H19FN2O. The Morgan fingerprint density at radius 2 is 2.35 bits per heavy atom. The van der Waals surface area contributed by atoms with Crippen LogP contribution in [0.25, 0.3) is 5.57 Å². The zero-order valence-corrected chi connectivity index (χ0v) is 10.6. The molecule has 0 amide bonds. The van der Waals surface area contributed by atoms with Gasteiger partial charge >= 0.3 is 0 Å². The maximum atomic E-state index is 13.9. The quantitative estimate of drug-likeness (QED) is 0.774. The molecule has 3 nitrogen and oxygen atoms in total. The van der Waals surface area contributed by atoms with Gasteiger partial charge in [0.15, 0.2) is 5.82 Å². The van der Waals surface area contributed by atoms with Gasteiger partial charge in [0, 0.05) is 11.8 Å². The third kappa shape index (κ3) is 3.82. The molecule has 0 spiro atoms. The van der Waals surface area contributed by atoms with Crippen molar-refractivity contribution in [3.05, 3.63) is 29.7 Å². The maximum absolute atomic E-state index is 13.9. The predicted molar refractivity (Wildman–Crippen MR) is 67.6 cm³/mol. The van der Waals surface area contributed by atoms with Crippen LogP contribution in [0.1, 0.15) is 25.8 Å². The Morgan fingerprint density at radius 1 is 1.59 bits per heavy atom. The van der Waals surface area contributed by atoms with E-state index in [1.165, 1.54) is 7.11 Å². The minimum atomic E-state index is -0.396. The summed E-state index contributed by atoms with van der Waals surface area (Å²) < 4.78 is 18.7. The smallest absolute Gasteiger partial charge is 0.250 e. The van der Waals surface area contributed by atoms with Gasteiger partial charge in [0.2, 0.25) is 0 Å². The first-order chi connectivity index (χ1) is 8.20. The van der Waals surface area contributed by atoms with Crippen LogP contribution in [-0.2, 0) is 0 Å². The Bertz CT molecular complexity index is 391. The van der Waals surface area contributed by atoms with Crippen molar-refractivity contribution in [1.82, 2.24) is 10.3 Å². The number of pyridine rings is 1. The highest BCUT2D eigenvalue weighted by Gasteiger charge is 2.10. The van der Waals surface area contributed by atoms with Crippen LogP contribution in [0.5, 0.6) is 5.88 Å². The number of allylic oxidation sites excluding steroid dienone is 1. The number of nitrogens with zero attached hydrogens (tertiary/aromatic N) is 1. The molecule has 0 radical (unpaired) electrons. The molecule has 1 aromatic rings. The van der Waals surface area contributed by atoms with Crippen molar-refractivity contribution in [3.63, 3.8) is 0 Å². The van der Waals surface area contributed by atoms with Crippen LogP contribution in [0.2, 0.25) is 0 Å². The lowest BCUT2D eigenvalue weighted by Crippen LogP contribution is -2.13. The van der Waals surface area contributed by atoms with Crippen molar-refractivity contribution in [2.75, 3.05) is 20.2 Å². The van der Waals surface area contributed by atoms with Gasteiger partial charge in [0.1, 0.15) is 0 Å². The average molecular weight is 238 g/mol. The summed E-state index contributed by atoms with van der Waals surface area (Å²) in [5, 5.41) is 3.22. The minimum Gasteiger partial charge on any atom is -0.479 e. The zero-order valence-electron chi connectivity index (χ0n) is 10.6.